The summed E-state index contributed by atoms with van der Waals surface area (Å²) in [5, 5.41) is 9.43. The molecule has 1 N–H and O–H groups in total. The number of carboxylic acid groups (broad SMARTS) is 1. The van der Waals surface area contributed by atoms with Gasteiger partial charge >= 0.3 is 5.97 Å². The fraction of sp³-hybridized carbons (Fsp3) is 0.321. The average molecular weight is 430 g/mol. The Kier molecular flexibility index (Phi) is 7.23. The normalized spacial score (nSPS) is 15.3. The second-order valence-electron chi connectivity index (χ2n) is 8.67. The Morgan fingerprint density at radius 3 is 2.66 bits per heavy atom. The second-order valence-corrected chi connectivity index (χ2v) is 8.67. The molecule has 0 fully saturated rings. The van der Waals surface area contributed by atoms with E-state index in [1.54, 1.807) is 18.2 Å². The number of benzene rings is 3. The topological polar surface area (TPSA) is 49.8 Å². The maximum atomic E-state index is 11.5. The molecule has 4 rings (SSSR count). The first-order chi connectivity index (χ1) is 15.6. The predicted octanol–water partition coefficient (Wildman–Crippen LogP) is 5.85. The van der Waals surface area contributed by atoms with Crippen molar-refractivity contribution in [2.24, 2.45) is 0 Å². The number of hydrogen-bond donors (Lipinski definition) is 1. The Labute approximate surface area is 190 Å². The van der Waals surface area contributed by atoms with Crippen molar-refractivity contribution in [2.45, 2.75) is 45.7 Å². The molecule has 0 amide bonds. The number of carbonyl (C=O) groups is 1. The van der Waals surface area contributed by atoms with Gasteiger partial charge in [0, 0.05) is 19.5 Å². The predicted molar refractivity (Wildman–Crippen MR) is 127 cm³/mol. The van der Waals surface area contributed by atoms with Crippen LogP contribution in [0.3, 0.4) is 0 Å². The van der Waals surface area contributed by atoms with Crippen molar-refractivity contribution in [2.75, 3.05) is 13.2 Å². The first kappa shape index (κ1) is 22.1. The summed E-state index contributed by atoms with van der Waals surface area (Å²) >= 11 is 0. The van der Waals surface area contributed by atoms with Gasteiger partial charge in [0.05, 0.1) is 12.2 Å². The molecule has 0 unspecified atom stereocenters. The molecule has 3 aromatic carbocycles. The smallest absolute Gasteiger partial charge is 0.335 e. The zero-order valence-corrected chi connectivity index (χ0v) is 18.7. The van der Waals surface area contributed by atoms with Gasteiger partial charge in [-0.05, 0) is 78.7 Å². The highest BCUT2D eigenvalue weighted by Crippen LogP contribution is 2.25. The molecular formula is C28H31NO3. The largest absolute Gasteiger partial charge is 0.493 e. The highest BCUT2D eigenvalue weighted by Gasteiger charge is 2.13. The van der Waals surface area contributed by atoms with Crippen molar-refractivity contribution in [1.82, 2.24) is 4.90 Å². The van der Waals surface area contributed by atoms with Crippen LogP contribution in [0.2, 0.25) is 0 Å². The van der Waals surface area contributed by atoms with Gasteiger partial charge < -0.3 is 9.84 Å². The Balaban J connectivity index is 1.61. The van der Waals surface area contributed by atoms with E-state index in [1.807, 2.05) is 0 Å². The molecule has 1 heterocycles. The minimum absolute atomic E-state index is 0.300. The zero-order valence-electron chi connectivity index (χ0n) is 18.7. The number of aromatic carboxylic acids is 1. The Morgan fingerprint density at radius 1 is 0.969 bits per heavy atom. The summed E-state index contributed by atoms with van der Waals surface area (Å²) in [4.78, 5) is 14.0. The van der Waals surface area contributed by atoms with Crippen molar-refractivity contribution in [1.29, 1.82) is 0 Å². The van der Waals surface area contributed by atoms with Crippen LogP contribution in [0.25, 0.3) is 0 Å². The third-order valence-electron chi connectivity index (χ3n) is 6.13. The summed E-state index contributed by atoms with van der Waals surface area (Å²) in [7, 11) is 0. The summed E-state index contributed by atoms with van der Waals surface area (Å²) in [6.07, 6.45) is 3.87. The van der Waals surface area contributed by atoms with Gasteiger partial charge in [0.15, 0.2) is 0 Å². The van der Waals surface area contributed by atoms with E-state index >= 15 is 0 Å². The van der Waals surface area contributed by atoms with Crippen LogP contribution in [0.4, 0.5) is 0 Å². The van der Waals surface area contributed by atoms with Gasteiger partial charge in [-0.15, -0.1) is 0 Å². The van der Waals surface area contributed by atoms with Crippen LogP contribution in [-0.4, -0.2) is 29.1 Å². The molecule has 1 aliphatic heterocycles. The van der Waals surface area contributed by atoms with Crippen LogP contribution < -0.4 is 4.74 Å². The summed E-state index contributed by atoms with van der Waals surface area (Å²) < 4.78 is 6.07. The van der Waals surface area contributed by atoms with E-state index in [9.17, 15) is 9.90 Å². The number of aryl methyl sites for hydroxylation is 1. The monoisotopic (exact) mass is 429 g/mol. The Bertz CT molecular complexity index is 1080. The van der Waals surface area contributed by atoms with Crippen LogP contribution in [-0.2, 0) is 19.5 Å². The van der Waals surface area contributed by atoms with Gasteiger partial charge in [0.1, 0.15) is 5.75 Å². The molecule has 0 radical (unpaired) electrons. The van der Waals surface area contributed by atoms with E-state index in [2.05, 4.69) is 60.4 Å². The number of carboxylic acids is 1. The number of hydrogen-bond acceptors (Lipinski definition) is 3. The molecule has 32 heavy (non-hydrogen) atoms. The summed E-state index contributed by atoms with van der Waals surface area (Å²) in [5.74, 6) is -0.119. The molecular weight excluding hydrogens is 398 g/mol. The minimum Gasteiger partial charge on any atom is -0.493 e. The third kappa shape index (κ3) is 5.77. The van der Waals surface area contributed by atoms with Crippen molar-refractivity contribution in [3.63, 3.8) is 0 Å². The lowest BCUT2D eigenvalue weighted by molar-refractivity contribution is 0.0696. The lowest BCUT2D eigenvalue weighted by Gasteiger charge is -2.24. The summed E-state index contributed by atoms with van der Waals surface area (Å²) in [6.45, 7) is 5.73. The molecule has 0 saturated carbocycles. The van der Waals surface area contributed by atoms with Gasteiger partial charge in [-0.1, -0.05) is 48.5 Å². The van der Waals surface area contributed by atoms with Crippen LogP contribution in [0.15, 0.2) is 66.7 Å². The second kappa shape index (κ2) is 10.5. The quantitative estimate of drug-likeness (QED) is 0.567. The minimum atomic E-state index is -0.909. The number of ether oxygens (including phenoxy) is 1. The third-order valence-corrected chi connectivity index (χ3v) is 6.13. The van der Waals surface area contributed by atoms with Gasteiger partial charge in [0.2, 0.25) is 0 Å². The Hall–Kier alpha value is -3.11. The number of rotatable bonds is 3. The molecule has 4 nitrogen and oxygen atoms in total. The van der Waals surface area contributed by atoms with E-state index in [-0.39, 0.29) is 0 Å². The first-order valence-electron chi connectivity index (χ1n) is 11.4. The van der Waals surface area contributed by atoms with Crippen LogP contribution in [0.5, 0.6) is 5.75 Å². The average Bonchev–Trinajstić information content (AvgIpc) is 2.78. The molecule has 0 spiro atoms. The van der Waals surface area contributed by atoms with Crippen LogP contribution in [0.1, 0.15) is 57.4 Å². The molecule has 0 aromatic heterocycles. The van der Waals surface area contributed by atoms with Crippen molar-refractivity contribution in [3.05, 3.63) is 100 Å². The fourth-order valence-corrected chi connectivity index (χ4v) is 4.35. The van der Waals surface area contributed by atoms with E-state index in [0.29, 0.717) is 18.6 Å². The van der Waals surface area contributed by atoms with Crippen molar-refractivity contribution < 1.29 is 14.6 Å². The van der Waals surface area contributed by atoms with E-state index < -0.39 is 5.97 Å². The van der Waals surface area contributed by atoms with Gasteiger partial charge in [-0.3, -0.25) is 4.90 Å². The maximum absolute atomic E-state index is 11.5. The molecule has 166 valence electrons. The van der Waals surface area contributed by atoms with Crippen LogP contribution >= 0.6 is 0 Å². The van der Waals surface area contributed by atoms with Gasteiger partial charge in [-0.25, -0.2) is 4.79 Å². The molecule has 4 heteroatoms. The Morgan fingerprint density at radius 2 is 1.81 bits per heavy atom. The zero-order chi connectivity index (χ0) is 22.3. The highest BCUT2D eigenvalue weighted by atomic mass is 16.5. The standard InChI is InChI=1S/C28H31NO3/c1-21-8-3-4-11-25(21)20-29-14-5-2-6-15-32-27-13-12-24(28(30)31)18-26(27)17-22-9-7-10-23(16-22)19-29/h3-4,7-13,16,18H,2,5-6,14-15,17,19-20H2,1H3,(H,30,31). The fourth-order valence-electron chi connectivity index (χ4n) is 4.35. The lowest BCUT2D eigenvalue weighted by Crippen LogP contribution is -2.24. The van der Waals surface area contributed by atoms with Gasteiger partial charge in [0.25, 0.3) is 0 Å². The maximum Gasteiger partial charge on any atom is 0.335 e. The summed E-state index contributed by atoms with van der Waals surface area (Å²) in [6, 6.07) is 22.4. The highest BCUT2D eigenvalue weighted by molar-refractivity contribution is 5.88. The lowest BCUT2D eigenvalue weighted by atomic mass is 9.99. The van der Waals surface area contributed by atoms with Crippen LogP contribution in [0, 0.1) is 6.92 Å². The van der Waals surface area contributed by atoms with Gasteiger partial charge in [-0.2, -0.15) is 0 Å². The van der Waals surface area contributed by atoms with E-state index in [4.69, 9.17) is 4.74 Å². The summed E-state index contributed by atoms with van der Waals surface area (Å²) in [5.41, 5.74) is 6.39. The number of nitrogens with zero attached hydrogens (tertiary/aromatic N) is 1. The molecule has 0 atom stereocenters. The van der Waals surface area contributed by atoms with E-state index in [0.717, 1.165) is 50.2 Å². The van der Waals surface area contributed by atoms with Crippen molar-refractivity contribution >= 4 is 5.97 Å². The SMILES string of the molecule is Cc1ccccc1CN1CCCCCOc2ccc(C(=O)O)cc2Cc2cccc(c2)C1. The number of fused-ring (bicyclic) bond motifs is 3. The van der Waals surface area contributed by atoms with Crippen molar-refractivity contribution in [3.8, 4) is 5.75 Å². The first-order valence-corrected chi connectivity index (χ1v) is 11.4. The molecule has 1 aliphatic rings. The molecule has 0 aliphatic carbocycles. The van der Waals surface area contributed by atoms with E-state index in [1.165, 1.54) is 22.3 Å². The molecule has 3 aromatic rings. The molecule has 2 bridgehead atoms. The molecule has 0 saturated heterocycles.